The number of unbranched alkanes of at least 4 members (excludes halogenated alkanes) is 5. The quantitative estimate of drug-likeness (QED) is 0.125. The Kier molecular flexibility index (Phi) is 15.4. The minimum Gasteiger partial charge on any atom is -0.355 e. The zero-order valence-corrected chi connectivity index (χ0v) is 17.5. The summed E-state index contributed by atoms with van der Waals surface area (Å²) in [6, 6.07) is 1.36. The molecule has 0 aliphatic heterocycles. The Bertz CT molecular complexity index is 193. The Hall–Kier alpha value is 0.867. The number of alkyl halides is 1. The minimum absolute atomic E-state index is 0.215. The highest BCUT2D eigenvalue weighted by Gasteiger charge is 2.25. The second-order valence-corrected chi connectivity index (χ2v) is 9.31. The molecule has 0 saturated heterocycles. The first-order valence-electron chi connectivity index (χ1n) is 8.52. The molecule has 0 atom stereocenters. The summed E-state index contributed by atoms with van der Waals surface area (Å²) >= 11 is 2.47. The number of hydrogen-bond donors (Lipinski definition) is 0. The lowest BCUT2D eigenvalue weighted by Gasteiger charge is -2.30. The van der Waals surface area contributed by atoms with Crippen LogP contribution in [0.4, 0.5) is 0 Å². The van der Waals surface area contributed by atoms with Crippen molar-refractivity contribution in [2.24, 2.45) is 0 Å². The molecular weight excluding hydrogens is 379 g/mol. The van der Waals surface area contributed by atoms with E-state index in [1.165, 1.54) is 49.0 Å². The van der Waals surface area contributed by atoms with Gasteiger partial charge in [-0.25, -0.2) is 0 Å². The maximum Gasteiger partial charge on any atom is 0.142 e. The fourth-order valence-electron chi connectivity index (χ4n) is 2.12. The van der Waals surface area contributed by atoms with E-state index in [1.54, 1.807) is 0 Å². The molecule has 0 aromatic carbocycles. The maximum atomic E-state index is 6.08. The lowest BCUT2D eigenvalue weighted by molar-refractivity contribution is -0.170. The van der Waals surface area contributed by atoms with Gasteiger partial charge in [0.25, 0.3) is 0 Å². The smallest absolute Gasteiger partial charge is 0.142 e. The average molecular weight is 414 g/mol. The van der Waals surface area contributed by atoms with Gasteiger partial charge < -0.3 is 9.47 Å². The molecule has 2 nitrogen and oxygen atoms in total. The van der Waals surface area contributed by atoms with E-state index in [0.29, 0.717) is 0 Å². The molecular formula is C16H35IO2Si. The van der Waals surface area contributed by atoms with Crippen molar-refractivity contribution < 1.29 is 9.47 Å². The van der Waals surface area contributed by atoms with Crippen LogP contribution >= 0.6 is 22.6 Å². The lowest BCUT2D eigenvalue weighted by atomic mass is 10.2. The van der Waals surface area contributed by atoms with Gasteiger partial charge in [-0.15, -0.1) is 0 Å². The van der Waals surface area contributed by atoms with Crippen LogP contribution in [0.3, 0.4) is 0 Å². The third-order valence-electron chi connectivity index (χ3n) is 3.58. The van der Waals surface area contributed by atoms with E-state index in [2.05, 4.69) is 43.4 Å². The first-order valence-corrected chi connectivity index (χ1v) is 11.8. The van der Waals surface area contributed by atoms with E-state index in [9.17, 15) is 0 Å². The molecule has 0 aliphatic rings. The third kappa shape index (κ3) is 12.6. The SMILES string of the molecule is CCCCOC(C)(OCCCC)[SiH2]CCCCCCI. The normalized spacial score (nSPS) is 12.6. The van der Waals surface area contributed by atoms with Crippen LogP contribution in [-0.4, -0.2) is 32.6 Å². The van der Waals surface area contributed by atoms with E-state index in [0.717, 1.165) is 26.1 Å². The fourth-order valence-corrected chi connectivity index (χ4v) is 4.48. The van der Waals surface area contributed by atoms with Crippen molar-refractivity contribution in [3.05, 3.63) is 0 Å². The third-order valence-corrected chi connectivity index (χ3v) is 6.51. The monoisotopic (exact) mass is 414 g/mol. The molecule has 0 unspecified atom stereocenters. The molecule has 0 N–H and O–H groups in total. The van der Waals surface area contributed by atoms with Gasteiger partial charge in [-0.1, -0.05) is 74.6 Å². The maximum absolute atomic E-state index is 6.08. The predicted molar refractivity (Wildman–Crippen MR) is 101 cm³/mol. The zero-order chi connectivity index (χ0) is 15.1. The molecule has 0 fully saturated rings. The summed E-state index contributed by atoms with van der Waals surface area (Å²) in [6.07, 6.45) is 10.2. The summed E-state index contributed by atoms with van der Waals surface area (Å²) in [7, 11) is -0.308. The van der Waals surface area contributed by atoms with Crippen LogP contribution in [0.25, 0.3) is 0 Å². The number of rotatable bonds is 15. The van der Waals surface area contributed by atoms with Crippen LogP contribution in [0.1, 0.15) is 72.1 Å². The molecule has 0 amide bonds. The van der Waals surface area contributed by atoms with Crippen LogP contribution in [0, 0.1) is 0 Å². The van der Waals surface area contributed by atoms with Gasteiger partial charge >= 0.3 is 0 Å². The summed E-state index contributed by atoms with van der Waals surface area (Å²) in [4.78, 5) is 0. The Labute approximate surface area is 142 Å². The van der Waals surface area contributed by atoms with E-state index in [1.807, 2.05) is 0 Å². The van der Waals surface area contributed by atoms with Gasteiger partial charge in [-0.05, 0) is 30.6 Å². The summed E-state index contributed by atoms with van der Waals surface area (Å²) in [5, 5.41) is 0. The number of halogens is 1. The van der Waals surface area contributed by atoms with E-state index in [4.69, 9.17) is 9.47 Å². The molecule has 0 rings (SSSR count). The van der Waals surface area contributed by atoms with Gasteiger partial charge in [0.2, 0.25) is 0 Å². The fraction of sp³-hybridized carbons (Fsp3) is 1.00. The van der Waals surface area contributed by atoms with Crippen molar-refractivity contribution in [3.8, 4) is 0 Å². The Balaban J connectivity index is 3.89. The molecule has 4 heteroatoms. The topological polar surface area (TPSA) is 18.5 Å². The van der Waals surface area contributed by atoms with Crippen LogP contribution < -0.4 is 0 Å². The molecule has 0 aromatic rings. The Morgan fingerprint density at radius 2 is 1.40 bits per heavy atom. The van der Waals surface area contributed by atoms with Gasteiger partial charge in [-0.2, -0.15) is 0 Å². The van der Waals surface area contributed by atoms with Crippen molar-refractivity contribution in [1.29, 1.82) is 0 Å². The molecule has 20 heavy (non-hydrogen) atoms. The zero-order valence-electron chi connectivity index (χ0n) is 13.9. The average Bonchev–Trinajstić information content (AvgIpc) is 2.43. The minimum atomic E-state index is -0.308. The predicted octanol–water partition coefficient (Wildman–Crippen LogP) is 4.88. The largest absolute Gasteiger partial charge is 0.355 e. The molecule has 0 aromatic heterocycles. The van der Waals surface area contributed by atoms with Crippen molar-refractivity contribution in [2.75, 3.05) is 17.6 Å². The summed E-state index contributed by atoms with van der Waals surface area (Å²) in [6.45, 7) is 8.34. The van der Waals surface area contributed by atoms with Crippen LogP contribution in [0.15, 0.2) is 0 Å². The summed E-state index contributed by atoms with van der Waals surface area (Å²) in [5.74, 6) is 0. The van der Waals surface area contributed by atoms with Gasteiger partial charge in [0.15, 0.2) is 0 Å². The van der Waals surface area contributed by atoms with Crippen molar-refractivity contribution >= 4 is 32.1 Å². The molecule has 0 spiro atoms. The Morgan fingerprint density at radius 3 is 1.90 bits per heavy atom. The van der Waals surface area contributed by atoms with Crippen molar-refractivity contribution in [3.63, 3.8) is 0 Å². The highest BCUT2D eigenvalue weighted by atomic mass is 127. The lowest BCUT2D eigenvalue weighted by Crippen LogP contribution is -2.39. The second-order valence-electron chi connectivity index (χ2n) is 5.74. The number of hydrogen-bond acceptors (Lipinski definition) is 2. The van der Waals surface area contributed by atoms with Gasteiger partial charge in [0.1, 0.15) is 5.41 Å². The molecule has 0 radical (unpaired) electrons. The molecule has 122 valence electrons. The molecule has 0 aliphatic carbocycles. The van der Waals surface area contributed by atoms with E-state index < -0.39 is 0 Å². The highest BCUT2D eigenvalue weighted by Crippen LogP contribution is 2.17. The molecule has 0 heterocycles. The van der Waals surface area contributed by atoms with Gasteiger partial charge in [0, 0.05) is 13.2 Å². The van der Waals surface area contributed by atoms with Crippen LogP contribution in [0.2, 0.25) is 6.04 Å². The van der Waals surface area contributed by atoms with Crippen molar-refractivity contribution in [2.45, 2.75) is 83.6 Å². The van der Waals surface area contributed by atoms with Crippen molar-refractivity contribution in [1.82, 2.24) is 0 Å². The van der Waals surface area contributed by atoms with Crippen LogP contribution in [-0.2, 0) is 9.47 Å². The molecule has 0 bridgehead atoms. The highest BCUT2D eigenvalue weighted by molar-refractivity contribution is 14.1. The van der Waals surface area contributed by atoms with Crippen LogP contribution in [0.5, 0.6) is 0 Å². The summed E-state index contributed by atoms with van der Waals surface area (Å²) < 4.78 is 13.5. The standard InChI is InChI=1S/C16H35IO2Si/c1-4-6-13-18-16(3,19-14-7-5-2)20-15-11-9-8-10-12-17/h4-15,20H2,1-3H3. The Morgan fingerprint density at radius 1 is 0.850 bits per heavy atom. The summed E-state index contributed by atoms with van der Waals surface area (Å²) in [5.41, 5.74) is -0.215. The molecule has 0 saturated carbocycles. The van der Waals surface area contributed by atoms with E-state index >= 15 is 0 Å². The first-order chi connectivity index (χ1) is 9.68. The van der Waals surface area contributed by atoms with Gasteiger partial charge in [0.05, 0.1) is 9.52 Å². The first kappa shape index (κ1) is 20.9. The number of ether oxygens (including phenoxy) is 2. The van der Waals surface area contributed by atoms with Gasteiger partial charge in [-0.3, -0.25) is 0 Å². The van der Waals surface area contributed by atoms with E-state index in [-0.39, 0.29) is 14.9 Å². The second kappa shape index (κ2) is 14.8.